The summed E-state index contributed by atoms with van der Waals surface area (Å²) in [6.07, 6.45) is 2.31. The minimum Gasteiger partial charge on any atom is -0.392 e. The summed E-state index contributed by atoms with van der Waals surface area (Å²) in [5.41, 5.74) is 0. The highest BCUT2D eigenvalue weighted by Crippen LogP contribution is 2.37. The summed E-state index contributed by atoms with van der Waals surface area (Å²) in [7, 11) is 0. The van der Waals surface area contributed by atoms with Crippen LogP contribution in [0.1, 0.15) is 57.8 Å². The summed E-state index contributed by atoms with van der Waals surface area (Å²) in [4.78, 5) is 0. The average molecular weight is 279 g/mol. The Hall–Kier alpha value is -0.290. The van der Waals surface area contributed by atoms with Gasteiger partial charge in [-0.1, -0.05) is 19.3 Å². The van der Waals surface area contributed by atoms with E-state index >= 15 is 0 Å². The fourth-order valence-corrected chi connectivity index (χ4v) is 3.37. The summed E-state index contributed by atoms with van der Waals surface area (Å²) >= 11 is 0. The maximum absolute atomic E-state index is 12.6. The predicted octanol–water partition coefficient (Wildman–Crippen LogP) is 3.39. The van der Waals surface area contributed by atoms with Gasteiger partial charge in [0.25, 0.3) is 0 Å². The van der Waals surface area contributed by atoms with Crippen molar-refractivity contribution in [1.29, 1.82) is 0 Å². The summed E-state index contributed by atoms with van der Waals surface area (Å²) < 4.78 is 37.7. The Kier molecular flexibility index (Phi) is 5.12. The van der Waals surface area contributed by atoms with Crippen molar-refractivity contribution >= 4 is 0 Å². The van der Waals surface area contributed by atoms with E-state index in [2.05, 4.69) is 5.32 Å². The molecule has 2 atom stereocenters. The second kappa shape index (κ2) is 6.44. The predicted molar refractivity (Wildman–Crippen MR) is 67.8 cm³/mol. The van der Waals surface area contributed by atoms with Crippen LogP contribution < -0.4 is 5.32 Å². The smallest absolute Gasteiger partial charge is 0.391 e. The number of rotatable bonds is 2. The molecule has 2 aliphatic carbocycles. The van der Waals surface area contributed by atoms with Gasteiger partial charge in [0.05, 0.1) is 12.0 Å². The van der Waals surface area contributed by atoms with E-state index in [-0.39, 0.29) is 31.0 Å². The molecule has 0 saturated heterocycles. The topological polar surface area (TPSA) is 32.3 Å². The first-order valence-corrected chi connectivity index (χ1v) is 7.47. The number of halogens is 3. The van der Waals surface area contributed by atoms with Crippen molar-refractivity contribution in [2.24, 2.45) is 5.92 Å². The van der Waals surface area contributed by atoms with Crippen molar-refractivity contribution in [2.75, 3.05) is 0 Å². The molecule has 112 valence electrons. The Morgan fingerprint density at radius 3 is 2.11 bits per heavy atom. The average Bonchev–Trinajstić information content (AvgIpc) is 2.55. The van der Waals surface area contributed by atoms with E-state index in [1.807, 2.05) is 0 Å². The third kappa shape index (κ3) is 4.35. The van der Waals surface area contributed by atoms with E-state index in [1.54, 1.807) is 0 Å². The monoisotopic (exact) mass is 279 g/mol. The first kappa shape index (κ1) is 15.1. The molecule has 0 spiro atoms. The molecule has 5 heteroatoms. The summed E-state index contributed by atoms with van der Waals surface area (Å²) in [5, 5.41) is 13.4. The zero-order valence-corrected chi connectivity index (χ0v) is 11.3. The van der Waals surface area contributed by atoms with E-state index in [0.717, 1.165) is 32.1 Å². The fraction of sp³-hybridized carbons (Fsp3) is 1.00. The largest absolute Gasteiger partial charge is 0.392 e. The molecule has 2 nitrogen and oxygen atoms in total. The Morgan fingerprint density at radius 1 is 0.842 bits per heavy atom. The molecule has 0 bridgehead atoms. The van der Waals surface area contributed by atoms with E-state index < -0.39 is 12.1 Å². The van der Waals surface area contributed by atoms with Gasteiger partial charge in [-0.3, -0.25) is 0 Å². The second-order valence-electron chi connectivity index (χ2n) is 6.07. The number of aliphatic hydroxyl groups excluding tert-OH is 1. The van der Waals surface area contributed by atoms with Gasteiger partial charge in [-0.2, -0.15) is 13.2 Å². The van der Waals surface area contributed by atoms with E-state index in [0.29, 0.717) is 12.8 Å². The Morgan fingerprint density at radius 2 is 1.47 bits per heavy atom. The van der Waals surface area contributed by atoms with Gasteiger partial charge in [-0.05, 0) is 38.5 Å². The molecule has 19 heavy (non-hydrogen) atoms. The third-order valence-corrected chi connectivity index (χ3v) is 4.62. The van der Waals surface area contributed by atoms with Crippen LogP contribution >= 0.6 is 0 Å². The highest BCUT2D eigenvalue weighted by molar-refractivity contribution is 4.86. The van der Waals surface area contributed by atoms with Crippen LogP contribution in [0.2, 0.25) is 0 Å². The molecule has 0 aromatic rings. The molecule has 2 unspecified atom stereocenters. The molecule has 2 saturated carbocycles. The van der Waals surface area contributed by atoms with Crippen LogP contribution in [-0.2, 0) is 0 Å². The van der Waals surface area contributed by atoms with Crippen LogP contribution in [-0.4, -0.2) is 29.5 Å². The lowest BCUT2D eigenvalue weighted by Crippen LogP contribution is -2.47. The van der Waals surface area contributed by atoms with E-state index in [9.17, 15) is 18.3 Å². The second-order valence-corrected chi connectivity index (χ2v) is 6.07. The molecule has 0 aliphatic heterocycles. The van der Waals surface area contributed by atoms with Gasteiger partial charge in [-0.15, -0.1) is 0 Å². The molecule has 2 fully saturated rings. The standard InChI is InChI=1S/C14H24F3NO/c15-14(16,17)10-6-8-11(9-7-10)18-12-4-2-1-3-5-13(12)19/h10-13,18-19H,1-9H2. The maximum Gasteiger partial charge on any atom is 0.391 e. The van der Waals surface area contributed by atoms with Crippen LogP contribution in [0.5, 0.6) is 0 Å². The summed E-state index contributed by atoms with van der Waals surface area (Å²) in [5.74, 6) is -1.12. The zero-order valence-electron chi connectivity index (χ0n) is 11.3. The molecule has 0 radical (unpaired) electrons. The van der Waals surface area contributed by atoms with Gasteiger partial charge >= 0.3 is 6.18 Å². The van der Waals surface area contributed by atoms with Crippen LogP contribution in [0, 0.1) is 5.92 Å². The van der Waals surface area contributed by atoms with Crippen molar-refractivity contribution in [3.05, 3.63) is 0 Å². The first-order chi connectivity index (χ1) is 8.97. The zero-order chi connectivity index (χ0) is 13.9. The van der Waals surface area contributed by atoms with Crippen LogP contribution in [0.25, 0.3) is 0 Å². The summed E-state index contributed by atoms with van der Waals surface area (Å²) in [6.45, 7) is 0. The number of nitrogens with one attached hydrogen (secondary N) is 1. The molecule has 0 aromatic heterocycles. The minimum atomic E-state index is -4.03. The first-order valence-electron chi connectivity index (χ1n) is 7.47. The van der Waals surface area contributed by atoms with E-state index in [1.165, 1.54) is 0 Å². The van der Waals surface area contributed by atoms with Crippen molar-refractivity contribution < 1.29 is 18.3 Å². The highest BCUT2D eigenvalue weighted by Gasteiger charge is 2.41. The number of hydrogen-bond acceptors (Lipinski definition) is 2. The molecule has 2 rings (SSSR count). The lowest BCUT2D eigenvalue weighted by molar-refractivity contribution is -0.183. The van der Waals surface area contributed by atoms with Crippen molar-refractivity contribution in [2.45, 2.75) is 82.2 Å². The molecular weight excluding hydrogens is 255 g/mol. The number of alkyl halides is 3. The lowest BCUT2D eigenvalue weighted by Gasteiger charge is -2.34. The Labute approximate surface area is 112 Å². The number of hydrogen-bond donors (Lipinski definition) is 2. The van der Waals surface area contributed by atoms with Gasteiger partial charge in [-0.25, -0.2) is 0 Å². The molecule has 2 N–H and O–H groups in total. The minimum absolute atomic E-state index is 0.0786. The fourth-order valence-electron chi connectivity index (χ4n) is 3.37. The molecule has 2 aliphatic rings. The van der Waals surface area contributed by atoms with Crippen molar-refractivity contribution in [3.8, 4) is 0 Å². The van der Waals surface area contributed by atoms with Gasteiger partial charge in [0.1, 0.15) is 0 Å². The SMILES string of the molecule is OC1CCCCCC1NC1CCC(C(F)(F)F)CC1. The lowest BCUT2D eigenvalue weighted by atomic mass is 9.85. The molecule has 0 heterocycles. The van der Waals surface area contributed by atoms with Gasteiger partial charge in [0.2, 0.25) is 0 Å². The highest BCUT2D eigenvalue weighted by atomic mass is 19.4. The maximum atomic E-state index is 12.6. The van der Waals surface area contributed by atoms with Crippen LogP contribution in [0.4, 0.5) is 13.2 Å². The normalized spacial score (nSPS) is 37.9. The van der Waals surface area contributed by atoms with Gasteiger partial charge in [0.15, 0.2) is 0 Å². The third-order valence-electron chi connectivity index (χ3n) is 4.62. The number of aliphatic hydroxyl groups is 1. The van der Waals surface area contributed by atoms with Gasteiger partial charge in [0, 0.05) is 12.1 Å². The molecule has 0 aromatic carbocycles. The van der Waals surface area contributed by atoms with Crippen molar-refractivity contribution in [1.82, 2.24) is 5.32 Å². The van der Waals surface area contributed by atoms with Gasteiger partial charge < -0.3 is 10.4 Å². The summed E-state index contributed by atoms with van der Waals surface area (Å²) in [6, 6.07) is 0.228. The molecular formula is C14H24F3NO. The van der Waals surface area contributed by atoms with Crippen LogP contribution in [0.15, 0.2) is 0 Å². The van der Waals surface area contributed by atoms with Crippen LogP contribution in [0.3, 0.4) is 0 Å². The quantitative estimate of drug-likeness (QED) is 0.759. The molecule has 0 amide bonds. The Balaban J connectivity index is 1.78. The van der Waals surface area contributed by atoms with E-state index in [4.69, 9.17) is 0 Å². The van der Waals surface area contributed by atoms with Crippen molar-refractivity contribution in [3.63, 3.8) is 0 Å². The Bertz CT molecular complexity index is 274.